The Hall–Kier alpha value is -1.41. The number of aromatic nitrogens is 2. The zero-order valence-electron chi connectivity index (χ0n) is 8.71. The lowest BCUT2D eigenvalue weighted by atomic mass is 10.5. The Morgan fingerprint density at radius 3 is 2.71 bits per heavy atom. The van der Waals surface area contributed by atoms with Gasteiger partial charge in [0.2, 0.25) is 0 Å². The van der Waals surface area contributed by atoms with Crippen molar-refractivity contribution in [1.29, 1.82) is 0 Å². The monoisotopic (exact) mass is 317 g/mol. The summed E-state index contributed by atoms with van der Waals surface area (Å²) in [5.41, 5.74) is 0.559. The molecule has 0 aromatic carbocycles. The molecule has 17 heavy (non-hydrogen) atoms. The summed E-state index contributed by atoms with van der Waals surface area (Å²) in [5.74, 6) is 0.0353. The summed E-state index contributed by atoms with van der Waals surface area (Å²) in [6.45, 7) is 1.69. The first-order chi connectivity index (χ1) is 8.00. The molecule has 2 aromatic heterocycles. The molecule has 1 N–H and O–H groups in total. The lowest BCUT2D eigenvalue weighted by molar-refractivity contribution is 0.430. The third-order valence-electron chi connectivity index (χ3n) is 1.93. The van der Waals surface area contributed by atoms with Crippen molar-refractivity contribution < 1.29 is 12.9 Å². The molecule has 0 saturated heterocycles. The van der Waals surface area contributed by atoms with Crippen LogP contribution in [0, 0.1) is 6.92 Å². The van der Waals surface area contributed by atoms with Gasteiger partial charge in [0.15, 0.2) is 5.03 Å². The van der Waals surface area contributed by atoms with Gasteiger partial charge in [-0.15, -0.1) is 0 Å². The number of rotatable bonds is 3. The van der Waals surface area contributed by atoms with Crippen molar-refractivity contribution in [2.24, 2.45) is 0 Å². The maximum Gasteiger partial charge on any atom is 0.281 e. The summed E-state index contributed by atoms with van der Waals surface area (Å²) >= 11 is 3.17. The molecule has 0 aliphatic rings. The Labute approximate surface area is 106 Å². The Bertz CT molecular complexity index is 624. The molecule has 0 aliphatic carbocycles. The number of sulfonamides is 1. The van der Waals surface area contributed by atoms with E-state index >= 15 is 0 Å². The fraction of sp³-hybridized carbons (Fsp3) is 0.111. The number of pyridine rings is 1. The van der Waals surface area contributed by atoms with Crippen LogP contribution in [-0.4, -0.2) is 18.6 Å². The van der Waals surface area contributed by atoms with Crippen molar-refractivity contribution in [2.75, 3.05) is 4.72 Å². The van der Waals surface area contributed by atoms with Crippen molar-refractivity contribution in [1.82, 2.24) is 10.1 Å². The average Bonchev–Trinajstić information content (AvgIpc) is 2.62. The molecule has 8 heteroatoms. The summed E-state index contributed by atoms with van der Waals surface area (Å²) in [4.78, 5) is 3.76. The number of anilines is 1. The molecule has 90 valence electrons. The van der Waals surface area contributed by atoms with E-state index in [2.05, 4.69) is 30.8 Å². The van der Waals surface area contributed by atoms with Gasteiger partial charge in [0.05, 0.1) is 5.69 Å². The smallest absolute Gasteiger partial charge is 0.281 e. The molecule has 6 nitrogen and oxygen atoms in total. The zero-order chi connectivity index (χ0) is 12.5. The Morgan fingerprint density at radius 1 is 1.41 bits per heavy atom. The van der Waals surface area contributed by atoms with Crippen LogP contribution in [0.4, 0.5) is 5.88 Å². The van der Waals surface area contributed by atoms with Crippen LogP contribution in [0.3, 0.4) is 0 Å². The van der Waals surface area contributed by atoms with Crippen LogP contribution in [-0.2, 0) is 10.0 Å². The van der Waals surface area contributed by atoms with Crippen LogP contribution >= 0.6 is 15.9 Å². The highest BCUT2D eigenvalue weighted by atomic mass is 79.9. The van der Waals surface area contributed by atoms with Crippen LogP contribution < -0.4 is 4.72 Å². The second-order valence-corrected chi connectivity index (χ2v) is 5.61. The normalized spacial score (nSPS) is 11.4. The topological polar surface area (TPSA) is 85.1 Å². The predicted molar refractivity (Wildman–Crippen MR) is 64.0 cm³/mol. The minimum absolute atomic E-state index is 0.0353. The molecule has 0 spiro atoms. The summed E-state index contributed by atoms with van der Waals surface area (Å²) in [6.07, 6.45) is 1.40. The summed E-state index contributed by atoms with van der Waals surface area (Å²) in [7, 11) is -3.75. The van der Waals surface area contributed by atoms with E-state index in [-0.39, 0.29) is 10.9 Å². The van der Waals surface area contributed by atoms with E-state index in [1.54, 1.807) is 19.1 Å². The number of aryl methyl sites for hydroxylation is 1. The Kier molecular flexibility index (Phi) is 3.16. The maximum absolute atomic E-state index is 11.9. The van der Waals surface area contributed by atoms with Gasteiger partial charge in [0, 0.05) is 6.20 Å². The first-order valence-corrected chi connectivity index (χ1v) is 6.84. The molecule has 0 radical (unpaired) electrons. The fourth-order valence-electron chi connectivity index (χ4n) is 1.10. The molecule has 2 heterocycles. The number of nitrogens with zero attached hydrogens (tertiary/aromatic N) is 2. The van der Waals surface area contributed by atoms with Crippen molar-refractivity contribution in [3.63, 3.8) is 0 Å². The third kappa shape index (κ3) is 2.47. The Balaban J connectivity index is 2.34. The van der Waals surface area contributed by atoms with E-state index in [0.717, 1.165) is 0 Å². The molecular weight excluding hydrogens is 310 g/mol. The first kappa shape index (κ1) is 12.1. The van der Waals surface area contributed by atoms with E-state index in [9.17, 15) is 8.42 Å². The van der Waals surface area contributed by atoms with Crippen LogP contribution in [0.1, 0.15) is 5.69 Å². The molecular formula is C9H8BrN3O3S. The largest absolute Gasteiger partial charge is 0.336 e. The number of hydrogen-bond acceptors (Lipinski definition) is 5. The molecule has 2 rings (SSSR count). The van der Waals surface area contributed by atoms with Crippen LogP contribution in [0.25, 0.3) is 0 Å². The lowest BCUT2D eigenvalue weighted by Gasteiger charge is -2.03. The van der Waals surface area contributed by atoms with Gasteiger partial charge in [0.1, 0.15) is 4.47 Å². The number of halogens is 1. The van der Waals surface area contributed by atoms with Gasteiger partial charge in [-0.1, -0.05) is 11.2 Å². The average molecular weight is 318 g/mol. The summed E-state index contributed by atoms with van der Waals surface area (Å²) in [5, 5.41) is 3.54. The second-order valence-electron chi connectivity index (χ2n) is 3.18. The van der Waals surface area contributed by atoms with E-state index < -0.39 is 10.0 Å². The standard InChI is InChI=1S/C9H8BrN3O3S/c1-6-8(10)9(16-12-6)13-17(14,15)7-4-2-3-5-11-7/h2-5,13H,1H3. The highest BCUT2D eigenvalue weighted by Crippen LogP contribution is 2.27. The number of nitrogens with one attached hydrogen (secondary N) is 1. The molecule has 0 saturated carbocycles. The molecule has 0 bridgehead atoms. The fourth-order valence-corrected chi connectivity index (χ4v) is 2.42. The van der Waals surface area contributed by atoms with Gasteiger partial charge in [-0.05, 0) is 35.0 Å². The molecule has 2 aromatic rings. The van der Waals surface area contributed by atoms with Gasteiger partial charge in [0.25, 0.3) is 15.9 Å². The van der Waals surface area contributed by atoms with E-state index in [0.29, 0.717) is 10.2 Å². The zero-order valence-corrected chi connectivity index (χ0v) is 11.1. The van der Waals surface area contributed by atoms with Crippen molar-refractivity contribution >= 4 is 31.8 Å². The maximum atomic E-state index is 11.9. The van der Waals surface area contributed by atoms with Crippen molar-refractivity contribution in [3.05, 3.63) is 34.6 Å². The van der Waals surface area contributed by atoms with Crippen LogP contribution in [0.5, 0.6) is 0 Å². The van der Waals surface area contributed by atoms with E-state index in [1.165, 1.54) is 12.3 Å². The molecule has 0 unspecified atom stereocenters. The minimum atomic E-state index is -3.75. The molecule has 0 atom stereocenters. The number of hydrogen-bond donors (Lipinski definition) is 1. The van der Waals surface area contributed by atoms with Gasteiger partial charge in [-0.3, -0.25) is 0 Å². The van der Waals surface area contributed by atoms with Gasteiger partial charge < -0.3 is 4.52 Å². The molecule has 0 amide bonds. The SMILES string of the molecule is Cc1noc(NS(=O)(=O)c2ccccn2)c1Br. The minimum Gasteiger partial charge on any atom is -0.336 e. The quantitative estimate of drug-likeness (QED) is 0.935. The van der Waals surface area contributed by atoms with Crippen molar-refractivity contribution in [2.45, 2.75) is 11.9 Å². The van der Waals surface area contributed by atoms with Crippen molar-refractivity contribution in [3.8, 4) is 0 Å². The lowest BCUT2D eigenvalue weighted by Crippen LogP contribution is -2.14. The van der Waals surface area contributed by atoms with Gasteiger partial charge in [-0.25, -0.2) is 9.71 Å². The van der Waals surface area contributed by atoms with Gasteiger partial charge >= 0.3 is 0 Å². The second kappa shape index (κ2) is 4.46. The molecule has 0 fully saturated rings. The van der Waals surface area contributed by atoms with Crippen LogP contribution in [0.2, 0.25) is 0 Å². The van der Waals surface area contributed by atoms with Gasteiger partial charge in [-0.2, -0.15) is 8.42 Å². The highest BCUT2D eigenvalue weighted by Gasteiger charge is 2.20. The molecule has 0 aliphatic heterocycles. The van der Waals surface area contributed by atoms with E-state index in [4.69, 9.17) is 4.52 Å². The summed E-state index contributed by atoms with van der Waals surface area (Å²) < 4.78 is 31.3. The van der Waals surface area contributed by atoms with E-state index in [1.807, 2.05) is 0 Å². The first-order valence-electron chi connectivity index (χ1n) is 4.56. The van der Waals surface area contributed by atoms with Crippen LogP contribution in [0.15, 0.2) is 38.4 Å². The Morgan fingerprint density at radius 2 is 2.18 bits per heavy atom. The summed E-state index contributed by atoms with van der Waals surface area (Å²) in [6, 6.07) is 4.61. The third-order valence-corrected chi connectivity index (χ3v) is 4.11. The predicted octanol–water partition coefficient (Wildman–Crippen LogP) is 1.94. The highest BCUT2D eigenvalue weighted by molar-refractivity contribution is 9.10.